The van der Waals surface area contributed by atoms with E-state index in [0.717, 1.165) is 11.4 Å². The van der Waals surface area contributed by atoms with Gasteiger partial charge in [-0.2, -0.15) is 9.98 Å². The third-order valence-electron chi connectivity index (χ3n) is 2.01. The first-order valence-electron chi connectivity index (χ1n) is 4.92. The summed E-state index contributed by atoms with van der Waals surface area (Å²) >= 11 is 11.5. The molecule has 2 nitrogen and oxygen atoms in total. The molecule has 2 aromatic carbocycles. The van der Waals surface area contributed by atoms with Crippen LogP contribution in [0.2, 0.25) is 10.0 Å². The van der Waals surface area contributed by atoms with Crippen molar-refractivity contribution in [1.29, 1.82) is 0 Å². The summed E-state index contributed by atoms with van der Waals surface area (Å²) in [6, 6.07) is 16.9. The summed E-state index contributed by atoms with van der Waals surface area (Å²) in [5.74, 6) is 0. The van der Waals surface area contributed by atoms with E-state index in [1.165, 1.54) is 0 Å². The first-order valence-corrected chi connectivity index (χ1v) is 5.67. The number of rotatable bonds is 2. The van der Waals surface area contributed by atoms with Crippen LogP contribution < -0.4 is 0 Å². The molecule has 4 heteroatoms. The van der Waals surface area contributed by atoms with Crippen molar-refractivity contribution in [3.8, 4) is 0 Å². The molecule has 84 valence electrons. The zero-order valence-corrected chi connectivity index (χ0v) is 10.3. The van der Waals surface area contributed by atoms with Crippen LogP contribution >= 0.6 is 23.2 Å². The fourth-order valence-electron chi connectivity index (χ4n) is 1.17. The van der Waals surface area contributed by atoms with Gasteiger partial charge in [-0.1, -0.05) is 23.2 Å². The number of nitrogens with zero attached hydrogens (tertiary/aromatic N) is 2. The van der Waals surface area contributed by atoms with E-state index in [0.29, 0.717) is 10.0 Å². The van der Waals surface area contributed by atoms with Crippen LogP contribution in [0.1, 0.15) is 0 Å². The first kappa shape index (κ1) is 11.9. The molecule has 0 saturated heterocycles. The van der Waals surface area contributed by atoms with E-state index in [2.05, 4.69) is 16.0 Å². The molecular formula is C13H8Cl2N2. The summed E-state index contributed by atoms with van der Waals surface area (Å²) in [7, 11) is 0. The van der Waals surface area contributed by atoms with Crippen LogP contribution in [-0.4, -0.2) is 6.01 Å². The molecule has 2 aromatic rings. The Kier molecular flexibility index (Phi) is 3.94. The van der Waals surface area contributed by atoms with Crippen molar-refractivity contribution in [2.24, 2.45) is 9.98 Å². The van der Waals surface area contributed by atoms with Crippen LogP contribution in [0.25, 0.3) is 0 Å². The van der Waals surface area contributed by atoms with Gasteiger partial charge in [0.25, 0.3) is 0 Å². The molecule has 0 fully saturated rings. The molecule has 17 heavy (non-hydrogen) atoms. The van der Waals surface area contributed by atoms with Gasteiger partial charge in [0.15, 0.2) is 0 Å². The van der Waals surface area contributed by atoms with Crippen molar-refractivity contribution in [2.45, 2.75) is 0 Å². The minimum Gasteiger partial charge on any atom is -0.188 e. The first-order chi connectivity index (χ1) is 8.24. The molecule has 0 N–H and O–H groups in total. The van der Waals surface area contributed by atoms with E-state index in [4.69, 9.17) is 23.2 Å². The van der Waals surface area contributed by atoms with Crippen molar-refractivity contribution in [3.63, 3.8) is 0 Å². The molecule has 0 bridgehead atoms. The van der Waals surface area contributed by atoms with E-state index in [1.54, 1.807) is 48.5 Å². The smallest absolute Gasteiger partial charge is 0.100 e. The standard InChI is InChI=1S/C13H8Cl2N2/c14-10-1-5-12(6-2-10)16-9-17-13-7-3-11(15)4-8-13/h1-8H. The largest absolute Gasteiger partial charge is 0.188 e. The molecule has 0 amide bonds. The molecule has 0 aliphatic heterocycles. The molecule has 2 rings (SSSR count). The summed E-state index contributed by atoms with van der Waals surface area (Å²) in [4.78, 5) is 8.11. The quantitative estimate of drug-likeness (QED) is 0.671. The van der Waals surface area contributed by atoms with Gasteiger partial charge in [0.1, 0.15) is 6.01 Å². The zero-order valence-electron chi connectivity index (χ0n) is 8.77. The van der Waals surface area contributed by atoms with Gasteiger partial charge in [-0.3, -0.25) is 0 Å². The Labute approximate surface area is 109 Å². The van der Waals surface area contributed by atoms with Crippen LogP contribution in [0.3, 0.4) is 0 Å². The third-order valence-corrected chi connectivity index (χ3v) is 2.52. The van der Waals surface area contributed by atoms with E-state index >= 15 is 0 Å². The summed E-state index contributed by atoms with van der Waals surface area (Å²) in [6.45, 7) is 0. The third kappa shape index (κ3) is 3.72. The topological polar surface area (TPSA) is 24.7 Å². The number of halogens is 2. The Morgan fingerprint density at radius 1 is 0.647 bits per heavy atom. The molecule has 0 heterocycles. The number of hydrogen-bond acceptors (Lipinski definition) is 2. The Morgan fingerprint density at radius 2 is 1.00 bits per heavy atom. The van der Waals surface area contributed by atoms with Gasteiger partial charge in [-0.05, 0) is 48.5 Å². The minimum atomic E-state index is 0.679. The number of hydrogen-bond donors (Lipinski definition) is 0. The highest BCUT2D eigenvalue weighted by Crippen LogP contribution is 2.17. The fourth-order valence-corrected chi connectivity index (χ4v) is 1.42. The lowest BCUT2D eigenvalue weighted by atomic mass is 10.3. The molecule has 0 radical (unpaired) electrons. The van der Waals surface area contributed by atoms with Gasteiger partial charge in [0, 0.05) is 10.0 Å². The SMILES string of the molecule is Clc1ccc(N=C=Nc2ccc(Cl)cc2)cc1. The van der Waals surface area contributed by atoms with Crippen LogP contribution in [0, 0.1) is 0 Å². The molecule has 0 aromatic heterocycles. The predicted octanol–water partition coefficient (Wildman–Crippen LogP) is 5.13. The Balaban J connectivity index is 2.14. The number of benzene rings is 2. The second-order valence-electron chi connectivity index (χ2n) is 3.28. The monoisotopic (exact) mass is 262 g/mol. The maximum absolute atomic E-state index is 5.76. The second kappa shape index (κ2) is 5.65. The Bertz CT molecular complexity index is 503. The Morgan fingerprint density at radius 3 is 1.35 bits per heavy atom. The molecule has 0 aliphatic rings. The van der Waals surface area contributed by atoms with Crippen molar-refractivity contribution < 1.29 is 0 Å². The predicted molar refractivity (Wildman–Crippen MR) is 72.1 cm³/mol. The van der Waals surface area contributed by atoms with Gasteiger partial charge in [-0.15, -0.1) is 0 Å². The van der Waals surface area contributed by atoms with Crippen LogP contribution in [0.15, 0.2) is 58.5 Å². The summed E-state index contributed by atoms with van der Waals surface area (Å²) in [6.07, 6.45) is 0. The van der Waals surface area contributed by atoms with E-state index in [1.807, 2.05) is 0 Å². The summed E-state index contributed by atoms with van der Waals surface area (Å²) < 4.78 is 0. The highest BCUT2D eigenvalue weighted by Gasteiger charge is 1.89. The van der Waals surface area contributed by atoms with Gasteiger partial charge in [0.2, 0.25) is 0 Å². The number of aliphatic imine (C=N–C) groups is 2. The molecule has 0 unspecified atom stereocenters. The lowest BCUT2D eigenvalue weighted by molar-refractivity contribution is 1.49. The summed E-state index contributed by atoms with van der Waals surface area (Å²) in [5, 5.41) is 1.36. The van der Waals surface area contributed by atoms with Crippen LogP contribution in [0.4, 0.5) is 11.4 Å². The average molecular weight is 263 g/mol. The van der Waals surface area contributed by atoms with Crippen molar-refractivity contribution in [1.82, 2.24) is 0 Å². The lowest BCUT2D eigenvalue weighted by Crippen LogP contribution is -1.66. The van der Waals surface area contributed by atoms with Gasteiger partial charge < -0.3 is 0 Å². The summed E-state index contributed by atoms with van der Waals surface area (Å²) in [5.41, 5.74) is 1.51. The van der Waals surface area contributed by atoms with Gasteiger partial charge >= 0.3 is 0 Å². The van der Waals surface area contributed by atoms with Crippen molar-refractivity contribution in [3.05, 3.63) is 58.6 Å². The fraction of sp³-hybridized carbons (Fsp3) is 0. The maximum atomic E-state index is 5.76. The van der Waals surface area contributed by atoms with Crippen LogP contribution in [0.5, 0.6) is 0 Å². The second-order valence-corrected chi connectivity index (χ2v) is 4.15. The maximum Gasteiger partial charge on any atom is 0.100 e. The molecule has 0 saturated carbocycles. The normalized spacial score (nSPS) is 9.53. The zero-order chi connectivity index (χ0) is 12.1. The average Bonchev–Trinajstić information content (AvgIpc) is 2.34. The van der Waals surface area contributed by atoms with Crippen LogP contribution in [-0.2, 0) is 0 Å². The molecule has 0 spiro atoms. The van der Waals surface area contributed by atoms with E-state index in [-0.39, 0.29) is 0 Å². The van der Waals surface area contributed by atoms with E-state index < -0.39 is 0 Å². The minimum absolute atomic E-state index is 0.679. The van der Waals surface area contributed by atoms with E-state index in [9.17, 15) is 0 Å². The molecule has 0 aliphatic carbocycles. The van der Waals surface area contributed by atoms with Crippen molar-refractivity contribution >= 4 is 40.6 Å². The highest BCUT2D eigenvalue weighted by atomic mass is 35.5. The molecular weight excluding hydrogens is 255 g/mol. The molecule has 0 atom stereocenters. The Hall–Kier alpha value is -1.60. The lowest BCUT2D eigenvalue weighted by Gasteiger charge is -1.91. The van der Waals surface area contributed by atoms with Gasteiger partial charge in [-0.25, -0.2) is 0 Å². The van der Waals surface area contributed by atoms with Gasteiger partial charge in [0.05, 0.1) is 11.4 Å². The van der Waals surface area contributed by atoms with Crippen molar-refractivity contribution in [2.75, 3.05) is 0 Å². The highest BCUT2D eigenvalue weighted by molar-refractivity contribution is 6.30.